The summed E-state index contributed by atoms with van der Waals surface area (Å²) in [6.07, 6.45) is 6.26. The number of nitrogens with one attached hydrogen (secondary N) is 1. The third-order valence-electron chi connectivity index (χ3n) is 3.19. The molecular weight excluding hydrogens is 290 g/mol. The van der Waals surface area contributed by atoms with Crippen molar-refractivity contribution < 1.29 is 4.74 Å². The Labute approximate surface area is 118 Å². The summed E-state index contributed by atoms with van der Waals surface area (Å²) in [5, 5.41) is 3.54. The summed E-state index contributed by atoms with van der Waals surface area (Å²) in [6.45, 7) is 3.95. The number of rotatable bonds is 8. The largest absolute Gasteiger partial charge is 0.493 e. The summed E-state index contributed by atoms with van der Waals surface area (Å²) in [4.78, 5) is 0. The number of halogens is 1. The predicted molar refractivity (Wildman–Crippen MR) is 79.0 cm³/mol. The quantitative estimate of drug-likeness (QED) is 0.724. The first-order chi connectivity index (χ1) is 8.79. The van der Waals surface area contributed by atoms with Crippen LogP contribution < -0.4 is 10.1 Å². The van der Waals surface area contributed by atoms with Crippen LogP contribution >= 0.6 is 15.9 Å². The SMILES string of the molecule is CCCCCOc1ccc(Br)cc1CNC1CC1. The lowest BCUT2D eigenvalue weighted by atomic mass is 10.2. The molecule has 2 nitrogen and oxygen atoms in total. The monoisotopic (exact) mass is 311 g/mol. The van der Waals surface area contributed by atoms with Crippen molar-refractivity contribution in [3.8, 4) is 5.75 Å². The first-order valence-electron chi connectivity index (χ1n) is 6.94. The molecule has 2 rings (SSSR count). The highest BCUT2D eigenvalue weighted by Crippen LogP contribution is 2.25. The minimum absolute atomic E-state index is 0.733. The minimum Gasteiger partial charge on any atom is -0.493 e. The lowest BCUT2D eigenvalue weighted by Crippen LogP contribution is -2.16. The summed E-state index contributed by atoms with van der Waals surface area (Å²) in [6, 6.07) is 7.01. The van der Waals surface area contributed by atoms with Crippen LogP contribution in [0.1, 0.15) is 44.6 Å². The molecule has 1 N–H and O–H groups in total. The van der Waals surface area contributed by atoms with Gasteiger partial charge in [-0.05, 0) is 37.5 Å². The molecule has 0 bridgehead atoms. The summed E-state index contributed by atoms with van der Waals surface area (Å²) >= 11 is 3.53. The minimum atomic E-state index is 0.733. The van der Waals surface area contributed by atoms with Gasteiger partial charge in [0.05, 0.1) is 6.61 Å². The zero-order valence-corrected chi connectivity index (χ0v) is 12.6. The van der Waals surface area contributed by atoms with Crippen LogP contribution in [-0.2, 0) is 6.54 Å². The van der Waals surface area contributed by atoms with E-state index in [-0.39, 0.29) is 0 Å². The van der Waals surface area contributed by atoms with Gasteiger partial charge in [0.1, 0.15) is 5.75 Å². The van der Waals surface area contributed by atoms with Crippen molar-refractivity contribution in [2.75, 3.05) is 6.61 Å². The molecule has 1 aliphatic rings. The van der Waals surface area contributed by atoms with Crippen molar-refractivity contribution in [1.29, 1.82) is 0 Å². The molecule has 1 saturated carbocycles. The number of unbranched alkanes of at least 4 members (excludes halogenated alkanes) is 2. The Morgan fingerprint density at radius 2 is 2.17 bits per heavy atom. The standard InChI is InChI=1S/C15H22BrNO/c1-2-3-4-9-18-15-8-5-13(16)10-12(15)11-17-14-6-7-14/h5,8,10,14,17H,2-4,6-7,9,11H2,1H3. The topological polar surface area (TPSA) is 21.3 Å². The van der Waals surface area contributed by atoms with E-state index in [4.69, 9.17) is 4.74 Å². The van der Waals surface area contributed by atoms with E-state index < -0.39 is 0 Å². The van der Waals surface area contributed by atoms with Crippen LogP contribution in [-0.4, -0.2) is 12.6 Å². The number of hydrogen-bond acceptors (Lipinski definition) is 2. The third kappa shape index (κ3) is 4.62. The van der Waals surface area contributed by atoms with E-state index in [1.807, 2.05) is 0 Å². The zero-order chi connectivity index (χ0) is 12.8. The Hall–Kier alpha value is -0.540. The van der Waals surface area contributed by atoms with E-state index in [0.717, 1.165) is 35.8 Å². The fraction of sp³-hybridized carbons (Fsp3) is 0.600. The van der Waals surface area contributed by atoms with Crippen molar-refractivity contribution in [3.05, 3.63) is 28.2 Å². The van der Waals surface area contributed by atoms with E-state index in [9.17, 15) is 0 Å². The fourth-order valence-electron chi connectivity index (χ4n) is 1.90. The van der Waals surface area contributed by atoms with Crippen LogP contribution in [0.2, 0.25) is 0 Å². The molecule has 0 heterocycles. The van der Waals surface area contributed by atoms with E-state index in [1.54, 1.807) is 0 Å². The first-order valence-corrected chi connectivity index (χ1v) is 7.73. The van der Waals surface area contributed by atoms with Crippen LogP contribution in [0.4, 0.5) is 0 Å². The maximum Gasteiger partial charge on any atom is 0.123 e. The molecule has 1 aromatic rings. The molecule has 1 aliphatic carbocycles. The number of hydrogen-bond donors (Lipinski definition) is 1. The molecule has 1 aromatic carbocycles. The van der Waals surface area contributed by atoms with Crippen LogP contribution in [0.3, 0.4) is 0 Å². The summed E-state index contributed by atoms with van der Waals surface area (Å²) in [7, 11) is 0. The van der Waals surface area contributed by atoms with Crippen molar-refractivity contribution in [3.63, 3.8) is 0 Å². The van der Waals surface area contributed by atoms with Gasteiger partial charge in [-0.15, -0.1) is 0 Å². The molecule has 0 amide bonds. The van der Waals surface area contributed by atoms with E-state index in [1.165, 1.54) is 31.2 Å². The Balaban J connectivity index is 1.88. The Bertz CT molecular complexity index is 377. The molecule has 3 heteroatoms. The van der Waals surface area contributed by atoms with Crippen LogP contribution in [0.25, 0.3) is 0 Å². The molecule has 0 unspecified atom stereocenters. The predicted octanol–water partition coefficient (Wildman–Crippen LogP) is 4.27. The highest BCUT2D eigenvalue weighted by molar-refractivity contribution is 9.10. The zero-order valence-electron chi connectivity index (χ0n) is 11.0. The van der Waals surface area contributed by atoms with Crippen molar-refractivity contribution in [2.45, 2.75) is 51.6 Å². The molecule has 0 atom stereocenters. The molecule has 0 radical (unpaired) electrons. The normalized spacial score (nSPS) is 14.8. The fourth-order valence-corrected chi connectivity index (χ4v) is 2.31. The van der Waals surface area contributed by atoms with Crippen LogP contribution in [0.5, 0.6) is 5.75 Å². The molecule has 0 aliphatic heterocycles. The maximum absolute atomic E-state index is 5.89. The lowest BCUT2D eigenvalue weighted by Gasteiger charge is -2.12. The van der Waals surface area contributed by atoms with Crippen molar-refractivity contribution >= 4 is 15.9 Å². The van der Waals surface area contributed by atoms with Gasteiger partial charge in [-0.3, -0.25) is 0 Å². The molecule has 0 saturated heterocycles. The van der Waals surface area contributed by atoms with Gasteiger partial charge in [0.2, 0.25) is 0 Å². The highest BCUT2D eigenvalue weighted by atomic mass is 79.9. The second-order valence-electron chi connectivity index (χ2n) is 4.96. The average Bonchev–Trinajstić information content (AvgIpc) is 3.18. The first kappa shape index (κ1) is 13.9. The Morgan fingerprint density at radius 1 is 1.33 bits per heavy atom. The van der Waals surface area contributed by atoms with Gasteiger partial charge >= 0.3 is 0 Å². The van der Waals surface area contributed by atoms with Crippen LogP contribution in [0, 0.1) is 0 Å². The van der Waals surface area contributed by atoms with Gasteiger partial charge in [0, 0.05) is 22.6 Å². The van der Waals surface area contributed by atoms with Gasteiger partial charge in [-0.2, -0.15) is 0 Å². The highest BCUT2D eigenvalue weighted by Gasteiger charge is 2.20. The summed E-state index contributed by atoms with van der Waals surface area (Å²) in [5.41, 5.74) is 1.26. The Kier molecular flexibility index (Phi) is 5.51. The van der Waals surface area contributed by atoms with Gasteiger partial charge in [-0.1, -0.05) is 35.7 Å². The maximum atomic E-state index is 5.89. The number of benzene rings is 1. The van der Waals surface area contributed by atoms with Crippen LogP contribution in [0.15, 0.2) is 22.7 Å². The van der Waals surface area contributed by atoms with E-state index >= 15 is 0 Å². The molecule has 1 fully saturated rings. The van der Waals surface area contributed by atoms with Crippen molar-refractivity contribution in [2.24, 2.45) is 0 Å². The van der Waals surface area contributed by atoms with Crippen molar-refractivity contribution in [1.82, 2.24) is 5.32 Å². The molecule has 0 aromatic heterocycles. The second kappa shape index (κ2) is 7.15. The lowest BCUT2D eigenvalue weighted by molar-refractivity contribution is 0.302. The van der Waals surface area contributed by atoms with Gasteiger partial charge in [-0.25, -0.2) is 0 Å². The van der Waals surface area contributed by atoms with E-state index in [2.05, 4.69) is 46.4 Å². The van der Waals surface area contributed by atoms with E-state index in [0.29, 0.717) is 0 Å². The average molecular weight is 312 g/mol. The molecule has 100 valence electrons. The number of ether oxygens (including phenoxy) is 1. The smallest absolute Gasteiger partial charge is 0.123 e. The molecule has 18 heavy (non-hydrogen) atoms. The summed E-state index contributed by atoms with van der Waals surface area (Å²) in [5.74, 6) is 1.03. The van der Waals surface area contributed by atoms with Gasteiger partial charge in [0.15, 0.2) is 0 Å². The third-order valence-corrected chi connectivity index (χ3v) is 3.68. The van der Waals surface area contributed by atoms with Gasteiger partial charge in [0.25, 0.3) is 0 Å². The van der Waals surface area contributed by atoms with Gasteiger partial charge < -0.3 is 10.1 Å². The molecular formula is C15H22BrNO. The molecule has 0 spiro atoms. The second-order valence-corrected chi connectivity index (χ2v) is 5.88. The Morgan fingerprint density at radius 3 is 2.89 bits per heavy atom. The summed E-state index contributed by atoms with van der Waals surface area (Å²) < 4.78 is 7.01.